The summed E-state index contributed by atoms with van der Waals surface area (Å²) >= 11 is 6.30. The monoisotopic (exact) mass is 499 g/mol. The number of halogens is 3. The number of thiazole rings is 1. The van der Waals surface area contributed by atoms with Crippen LogP contribution in [0.4, 0.5) is 13.9 Å². The van der Waals surface area contributed by atoms with Crippen LogP contribution < -0.4 is 10.6 Å². The van der Waals surface area contributed by atoms with Crippen LogP contribution in [0.1, 0.15) is 18.9 Å². The van der Waals surface area contributed by atoms with Gasteiger partial charge in [0.05, 0.1) is 15.1 Å². The summed E-state index contributed by atoms with van der Waals surface area (Å²) < 4.78 is 27.5. The van der Waals surface area contributed by atoms with Crippen LogP contribution in [0.3, 0.4) is 0 Å². The number of rotatable bonds is 7. The molecule has 3 aromatic rings. The van der Waals surface area contributed by atoms with Crippen LogP contribution in [0.5, 0.6) is 0 Å². The highest BCUT2D eigenvalue weighted by atomic mass is 79.9. The lowest BCUT2D eigenvalue weighted by molar-refractivity contribution is -0.126. The molecule has 10 heteroatoms. The first-order valence-electron chi connectivity index (χ1n) is 8.60. The first-order valence-corrected chi connectivity index (χ1v) is 11.0. The number of aromatic nitrogens is 1. The molecule has 0 aliphatic heterocycles. The minimum absolute atomic E-state index is 0.196. The molecule has 2 aromatic heterocycles. The Hall–Kier alpha value is -2.17. The molecule has 0 spiro atoms. The average Bonchev–Trinajstić information content (AvgIpc) is 3.27. The Bertz CT molecular complexity index is 1020. The van der Waals surface area contributed by atoms with Crippen molar-refractivity contribution in [2.24, 2.45) is 0 Å². The van der Waals surface area contributed by atoms with Crippen molar-refractivity contribution in [3.63, 3.8) is 0 Å². The standard InChI is InChI=1S/C19H16BrF2N3O2S2/c1-2-13(24-17(26)7-10-5-11(21)8-12(22)6-10)18(27)25-19-23-9-15(29-19)14-3-4-16(20)28-14/h3-6,8-9,13H,2,7H2,1H3,(H,24,26)(H,23,25,27). The molecule has 5 nitrogen and oxygen atoms in total. The van der Waals surface area contributed by atoms with E-state index in [-0.39, 0.29) is 12.0 Å². The second-order valence-electron chi connectivity index (χ2n) is 6.11. The molecule has 2 amide bonds. The van der Waals surface area contributed by atoms with Crippen molar-refractivity contribution in [3.8, 4) is 9.75 Å². The number of amides is 2. The van der Waals surface area contributed by atoms with Crippen molar-refractivity contribution in [3.05, 3.63) is 57.5 Å². The van der Waals surface area contributed by atoms with Crippen molar-refractivity contribution in [2.75, 3.05) is 5.32 Å². The maximum atomic E-state index is 13.3. The van der Waals surface area contributed by atoms with Crippen molar-refractivity contribution in [2.45, 2.75) is 25.8 Å². The zero-order valence-corrected chi connectivity index (χ0v) is 18.4. The summed E-state index contributed by atoms with van der Waals surface area (Å²) in [5.74, 6) is -2.41. The number of hydrogen-bond acceptors (Lipinski definition) is 5. The Morgan fingerprint density at radius 2 is 1.86 bits per heavy atom. The second kappa shape index (κ2) is 9.55. The van der Waals surface area contributed by atoms with Gasteiger partial charge in [-0.15, -0.1) is 11.3 Å². The molecule has 1 aromatic carbocycles. The third-order valence-electron chi connectivity index (χ3n) is 3.90. The van der Waals surface area contributed by atoms with E-state index in [0.29, 0.717) is 11.6 Å². The quantitative estimate of drug-likeness (QED) is 0.481. The number of nitrogens with zero attached hydrogens (tertiary/aromatic N) is 1. The summed E-state index contributed by atoms with van der Waals surface area (Å²) in [6.45, 7) is 1.75. The van der Waals surface area contributed by atoms with E-state index in [2.05, 4.69) is 31.5 Å². The smallest absolute Gasteiger partial charge is 0.248 e. The summed E-state index contributed by atoms with van der Waals surface area (Å²) in [5, 5.41) is 5.72. The lowest BCUT2D eigenvalue weighted by Gasteiger charge is -2.16. The summed E-state index contributed by atoms with van der Waals surface area (Å²) in [6.07, 6.45) is 1.80. The molecule has 0 saturated carbocycles. The van der Waals surface area contributed by atoms with Crippen molar-refractivity contribution in [1.29, 1.82) is 0 Å². The molecule has 152 valence electrons. The topological polar surface area (TPSA) is 71.1 Å². The Kier molecular flexibility index (Phi) is 7.09. The van der Waals surface area contributed by atoms with Crippen LogP contribution in [0.25, 0.3) is 9.75 Å². The fraction of sp³-hybridized carbons (Fsp3) is 0.211. The van der Waals surface area contributed by atoms with E-state index in [1.54, 1.807) is 24.5 Å². The lowest BCUT2D eigenvalue weighted by Crippen LogP contribution is -2.44. The lowest BCUT2D eigenvalue weighted by atomic mass is 10.1. The first kappa shape index (κ1) is 21.5. The van der Waals surface area contributed by atoms with Crippen LogP contribution in [0, 0.1) is 11.6 Å². The zero-order valence-electron chi connectivity index (χ0n) is 15.2. The highest BCUT2D eigenvalue weighted by Crippen LogP contribution is 2.35. The predicted octanol–water partition coefficient (Wildman–Crippen LogP) is 4.99. The Labute approximate surface area is 182 Å². The number of hydrogen-bond donors (Lipinski definition) is 2. The number of carbonyl (C=O) groups is 2. The van der Waals surface area contributed by atoms with Gasteiger partial charge in [-0.2, -0.15) is 0 Å². The van der Waals surface area contributed by atoms with Gasteiger partial charge in [0.1, 0.15) is 17.7 Å². The molecule has 29 heavy (non-hydrogen) atoms. The molecule has 1 atom stereocenters. The Balaban J connectivity index is 1.60. The van der Waals surface area contributed by atoms with E-state index in [1.165, 1.54) is 11.3 Å². The number of carbonyl (C=O) groups excluding carboxylic acids is 2. The van der Waals surface area contributed by atoms with Crippen LogP contribution in [-0.4, -0.2) is 22.8 Å². The van der Waals surface area contributed by atoms with E-state index < -0.39 is 29.5 Å². The molecule has 0 fully saturated rings. The highest BCUT2D eigenvalue weighted by Gasteiger charge is 2.20. The minimum atomic E-state index is -0.788. The molecule has 0 radical (unpaired) electrons. The van der Waals surface area contributed by atoms with Gasteiger partial charge >= 0.3 is 0 Å². The summed E-state index contributed by atoms with van der Waals surface area (Å²) in [4.78, 5) is 30.9. The molecule has 0 bridgehead atoms. The largest absolute Gasteiger partial charge is 0.344 e. The summed E-state index contributed by atoms with van der Waals surface area (Å²) in [7, 11) is 0. The predicted molar refractivity (Wildman–Crippen MR) is 114 cm³/mol. The zero-order chi connectivity index (χ0) is 21.0. The highest BCUT2D eigenvalue weighted by molar-refractivity contribution is 9.11. The van der Waals surface area contributed by atoms with Crippen molar-refractivity contribution >= 4 is 55.5 Å². The van der Waals surface area contributed by atoms with E-state index in [9.17, 15) is 18.4 Å². The molecule has 2 heterocycles. The van der Waals surface area contributed by atoms with E-state index >= 15 is 0 Å². The fourth-order valence-electron chi connectivity index (χ4n) is 2.58. The Morgan fingerprint density at radius 1 is 1.14 bits per heavy atom. The van der Waals surface area contributed by atoms with Gasteiger partial charge in [0.25, 0.3) is 0 Å². The van der Waals surface area contributed by atoms with Crippen molar-refractivity contribution in [1.82, 2.24) is 10.3 Å². The van der Waals surface area contributed by atoms with Crippen molar-refractivity contribution < 1.29 is 18.4 Å². The van der Waals surface area contributed by atoms with Crippen LogP contribution in [0.15, 0.2) is 40.3 Å². The molecule has 2 N–H and O–H groups in total. The van der Waals surface area contributed by atoms with Gasteiger partial charge < -0.3 is 10.6 Å². The molecule has 1 unspecified atom stereocenters. The van der Waals surface area contributed by atoms with E-state index in [1.807, 2.05) is 12.1 Å². The number of thiophene rings is 1. The first-order chi connectivity index (χ1) is 13.8. The third kappa shape index (κ3) is 5.91. The van der Waals surface area contributed by atoms with Crippen LogP contribution >= 0.6 is 38.6 Å². The van der Waals surface area contributed by atoms with Gasteiger partial charge in [-0.3, -0.25) is 9.59 Å². The molecule has 0 saturated heterocycles. The molecule has 3 rings (SSSR count). The molecule has 0 aliphatic carbocycles. The van der Waals surface area contributed by atoms with E-state index in [0.717, 1.165) is 31.7 Å². The van der Waals surface area contributed by atoms with Crippen LogP contribution in [0.2, 0.25) is 0 Å². The fourth-order valence-corrected chi connectivity index (χ4v) is 4.86. The van der Waals surface area contributed by atoms with E-state index in [4.69, 9.17) is 0 Å². The summed E-state index contributed by atoms with van der Waals surface area (Å²) in [6, 6.07) is 6.02. The molecular weight excluding hydrogens is 484 g/mol. The molecular formula is C19H16BrF2N3O2S2. The van der Waals surface area contributed by atoms with Gasteiger partial charge in [-0.25, -0.2) is 13.8 Å². The van der Waals surface area contributed by atoms with Gasteiger partial charge in [-0.05, 0) is 52.2 Å². The average molecular weight is 500 g/mol. The summed E-state index contributed by atoms with van der Waals surface area (Å²) in [5.41, 5.74) is 0.196. The molecule has 0 aliphatic rings. The van der Waals surface area contributed by atoms with Gasteiger partial charge in [0.2, 0.25) is 11.8 Å². The normalized spacial score (nSPS) is 11.9. The van der Waals surface area contributed by atoms with Gasteiger partial charge in [0, 0.05) is 17.1 Å². The second-order valence-corrected chi connectivity index (χ2v) is 9.60. The maximum absolute atomic E-state index is 13.3. The van der Waals surface area contributed by atoms with Crippen LogP contribution in [-0.2, 0) is 16.0 Å². The maximum Gasteiger partial charge on any atom is 0.248 e. The third-order valence-corrected chi connectivity index (χ3v) is 6.63. The van der Waals surface area contributed by atoms with Gasteiger partial charge in [0.15, 0.2) is 5.13 Å². The Morgan fingerprint density at radius 3 is 2.48 bits per heavy atom. The number of anilines is 1. The van der Waals surface area contributed by atoms with Gasteiger partial charge in [-0.1, -0.05) is 18.3 Å². The minimum Gasteiger partial charge on any atom is -0.344 e. The SMILES string of the molecule is CCC(NC(=O)Cc1cc(F)cc(F)c1)C(=O)Nc1ncc(-c2ccc(Br)s2)s1. The number of nitrogens with one attached hydrogen (secondary N) is 2. The number of benzene rings is 1.